The molecule has 144 valence electrons. The van der Waals surface area contributed by atoms with Gasteiger partial charge in [-0.05, 0) is 30.3 Å². The van der Waals surface area contributed by atoms with E-state index >= 15 is 0 Å². The minimum Gasteiger partial charge on any atom is -0.495 e. The summed E-state index contributed by atoms with van der Waals surface area (Å²) >= 11 is 6.06. The van der Waals surface area contributed by atoms with E-state index < -0.39 is 0 Å². The molecular weight excluding hydrogens is 370 g/mol. The minimum atomic E-state index is -0.358. The van der Waals surface area contributed by atoms with Crippen LogP contribution in [-0.2, 0) is 4.74 Å². The average Bonchev–Trinajstić information content (AvgIpc) is 2.69. The van der Waals surface area contributed by atoms with E-state index in [9.17, 15) is 4.79 Å². The Kier molecular flexibility index (Phi) is 6.80. The van der Waals surface area contributed by atoms with E-state index in [-0.39, 0.29) is 11.6 Å². The Morgan fingerprint density at radius 2 is 2.07 bits per heavy atom. The Hall–Kier alpha value is -2.42. The molecular formula is C18H22ClN5O3. The van der Waals surface area contributed by atoms with Crippen LogP contribution >= 0.6 is 11.6 Å². The maximum atomic E-state index is 12.3. The van der Waals surface area contributed by atoms with Crippen molar-refractivity contribution in [2.75, 3.05) is 57.1 Å². The first-order chi connectivity index (χ1) is 13.2. The van der Waals surface area contributed by atoms with Crippen molar-refractivity contribution < 1.29 is 14.3 Å². The van der Waals surface area contributed by atoms with Crippen LogP contribution in [0.25, 0.3) is 0 Å². The molecule has 0 atom stereocenters. The van der Waals surface area contributed by atoms with Crippen molar-refractivity contribution in [2.24, 2.45) is 0 Å². The van der Waals surface area contributed by atoms with Crippen LogP contribution in [0.5, 0.6) is 5.75 Å². The lowest BCUT2D eigenvalue weighted by Crippen LogP contribution is -2.39. The predicted molar refractivity (Wildman–Crippen MR) is 104 cm³/mol. The molecule has 2 aromatic rings. The standard InChI is InChI=1S/C18H22ClN5O3/c1-26-16-4-2-13(12-14(16)19)21-18(25)15-3-5-17(23-22-15)20-6-7-24-8-10-27-11-9-24/h2-5,12H,6-11H2,1H3,(H,20,23)(H,21,25). The number of benzene rings is 1. The van der Waals surface area contributed by atoms with E-state index in [1.54, 1.807) is 30.3 Å². The van der Waals surface area contributed by atoms with Gasteiger partial charge in [-0.1, -0.05) is 11.6 Å². The number of halogens is 1. The van der Waals surface area contributed by atoms with E-state index in [1.807, 2.05) is 0 Å². The Labute approximate surface area is 162 Å². The monoisotopic (exact) mass is 391 g/mol. The van der Waals surface area contributed by atoms with Gasteiger partial charge < -0.3 is 20.1 Å². The molecule has 27 heavy (non-hydrogen) atoms. The van der Waals surface area contributed by atoms with Gasteiger partial charge in [-0.3, -0.25) is 9.69 Å². The van der Waals surface area contributed by atoms with Crippen LogP contribution in [0.15, 0.2) is 30.3 Å². The molecule has 1 aromatic heterocycles. The second-order valence-corrected chi connectivity index (χ2v) is 6.40. The lowest BCUT2D eigenvalue weighted by Gasteiger charge is -2.26. The molecule has 1 fully saturated rings. The number of aromatic nitrogens is 2. The van der Waals surface area contributed by atoms with Gasteiger partial charge in [0.2, 0.25) is 0 Å². The first-order valence-corrected chi connectivity index (χ1v) is 9.06. The van der Waals surface area contributed by atoms with Crippen LogP contribution < -0.4 is 15.4 Å². The second kappa shape index (κ2) is 9.50. The summed E-state index contributed by atoms with van der Waals surface area (Å²) in [5.74, 6) is 0.817. The number of nitrogens with zero attached hydrogens (tertiary/aromatic N) is 3. The van der Waals surface area contributed by atoms with Gasteiger partial charge in [0.25, 0.3) is 5.91 Å². The highest BCUT2D eigenvalue weighted by atomic mass is 35.5. The molecule has 8 nitrogen and oxygen atoms in total. The molecule has 0 bridgehead atoms. The van der Waals surface area contributed by atoms with E-state index in [4.69, 9.17) is 21.1 Å². The third-order valence-corrected chi connectivity index (χ3v) is 4.44. The number of ether oxygens (including phenoxy) is 2. The highest BCUT2D eigenvalue weighted by Gasteiger charge is 2.11. The molecule has 9 heteroatoms. The summed E-state index contributed by atoms with van der Waals surface area (Å²) in [6.07, 6.45) is 0. The first-order valence-electron chi connectivity index (χ1n) is 8.68. The zero-order valence-electron chi connectivity index (χ0n) is 15.1. The van der Waals surface area contributed by atoms with Crippen LogP contribution in [0.3, 0.4) is 0 Å². The molecule has 3 rings (SSSR count). The van der Waals surface area contributed by atoms with Crippen molar-refractivity contribution in [3.05, 3.63) is 41.0 Å². The van der Waals surface area contributed by atoms with Crippen LogP contribution in [0.4, 0.5) is 11.5 Å². The van der Waals surface area contributed by atoms with Gasteiger partial charge in [0.1, 0.15) is 11.6 Å². The SMILES string of the molecule is COc1ccc(NC(=O)c2ccc(NCCN3CCOCC3)nn2)cc1Cl. The zero-order chi connectivity index (χ0) is 19.1. The Morgan fingerprint density at radius 1 is 1.26 bits per heavy atom. The molecule has 0 spiro atoms. The maximum absolute atomic E-state index is 12.3. The summed E-state index contributed by atoms with van der Waals surface area (Å²) in [6.45, 7) is 5.12. The predicted octanol–water partition coefficient (Wildman–Crippen LogP) is 2.13. The number of carbonyl (C=O) groups is 1. The van der Waals surface area contributed by atoms with Crippen molar-refractivity contribution in [2.45, 2.75) is 0 Å². The topological polar surface area (TPSA) is 88.6 Å². The van der Waals surface area contributed by atoms with Crippen molar-refractivity contribution in [3.63, 3.8) is 0 Å². The quantitative estimate of drug-likeness (QED) is 0.747. The number of morpholine rings is 1. The largest absolute Gasteiger partial charge is 0.495 e. The first kappa shape index (κ1) is 19.3. The Balaban J connectivity index is 1.50. The number of anilines is 2. The molecule has 0 aliphatic carbocycles. The van der Waals surface area contributed by atoms with Crippen LogP contribution in [0.2, 0.25) is 5.02 Å². The molecule has 0 unspecified atom stereocenters. The fraction of sp³-hybridized carbons (Fsp3) is 0.389. The normalized spacial score (nSPS) is 14.6. The van der Waals surface area contributed by atoms with Crippen molar-refractivity contribution in [3.8, 4) is 5.75 Å². The second-order valence-electron chi connectivity index (χ2n) is 5.99. The van der Waals surface area contributed by atoms with Gasteiger partial charge in [-0.15, -0.1) is 10.2 Å². The molecule has 2 heterocycles. The lowest BCUT2D eigenvalue weighted by molar-refractivity contribution is 0.0398. The van der Waals surface area contributed by atoms with Crippen molar-refractivity contribution in [1.82, 2.24) is 15.1 Å². The summed E-state index contributed by atoms with van der Waals surface area (Å²) in [5, 5.41) is 14.4. The Morgan fingerprint density at radius 3 is 2.74 bits per heavy atom. The van der Waals surface area contributed by atoms with E-state index in [0.29, 0.717) is 22.3 Å². The van der Waals surface area contributed by atoms with Crippen molar-refractivity contribution in [1.29, 1.82) is 0 Å². The summed E-state index contributed by atoms with van der Waals surface area (Å²) in [4.78, 5) is 14.6. The van der Waals surface area contributed by atoms with E-state index in [1.165, 1.54) is 7.11 Å². The molecule has 1 aliphatic rings. The molecule has 0 saturated carbocycles. The number of amides is 1. The van der Waals surface area contributed by atoms with Gasteiger partial charge in [0.05, 0.1) is 25.3 Å². The smallest absolute Gasteiger partial charge is 0.276 e. The zero-order valence-corrected chi connectivity index (χ0v) is 15.8. The summed E-state index contributed by atoms with van der Waals surface area (Å²) in [7, 11) is 1.53. The molecule has 1 aromatic carbocycles. The number of methoxy groups -OCH3 is 1. The summed E-state index contributed by atoms with van der Waals surface area (Å²) in [6, 6.07) is 8.38. The number of hydrogen-bond donors (Lipinski definition) is 2. The van der Waals surface area contributed by atoms with Crippen LogP contribution in [0, 0.1) is 0 Å². The lowest BCUT2D eigenvalue weighted by atomic mass is 10.3. The number of rotatable bonds is 7. The highest BCUT2D eigenvalue weighted by Crippen LogP contribution is 2.27. The number of nitrogens with one attached hydrogen (secondary N) is 2. The minimum absolute atomic E-state index is 0.223. The van der Waals surface area contributed by atoms with Gasteiger partial charge in [-0.25, -0.2) is 0 Å². The third kappa shape index (κ3) is 5.53. The van der Waals surface area contributed by atoms with Gasteiger partial charge >= 0.3 is 0 Å². The summed E-state index contributed by atoms with van der Waals surface area (Å²) in [5.41, 5.74) is 0.779. The van der Waals surface area contributed by atoms with E-state index in [2.05, 4.69) is 25.7 Å². The molecule has 1 aliphatic heterocycles. The fourth-order valence-electron chi connectivity index (χ4n) is 2.65. The maximum Gasteiger partial charge on any atom is 0.276 e. The van der Waals surface area contributed by atoms with Crippen LogP contribution in [0.1, 0.15) is 10.5 Å². The van der Waals surface area contributed by atoms with Crippen molar-refractivity contribution >= 4 is 29.0 Å². The highest BCUT2D eigenvalue weighted by molar-refractivity contribution is 6.32. The van der Waals surface area contributed by atoms with Gasteiger partial charge in [0, 0.05) is 31.9 Å². The van der Waals surface area contributed by atoms with E-state index in [0.717, 1.165) is 39.4 Å². The number of carbonyl (C=O) groups excluding carboxylic acids is 1. The Bertz CT molecular complexity index is 766. The summed E-state index contributed by atoms with van der Waals surface area (Å²) < 4.78 is 10.4. The molecule has 1 amide bonds. The average molecular weight is 392 g/mol. The fourth-order valence-corrected chi connectivity index (χ4v) is 2.91. The van der Waals surface area contributed by atoms with Gasteiger partial charge in [0.15, 0.2) is 5.69 Å². The molecule has 2 N–H and O–H groups in total. The van der Waals surface area contributed by atoms with Gasteiger partial charge in [-0.2, -0.15) is 0 Å². The number of hydrogen-bond acceptors (Lipinski definition) is 7. The van der Waals surface area contributed by atoms with Crippen LogP contribution in [-0.4, -0.2) is 67.5 Å². The third-order valence-electron chi connectivity index (χ3n) is 4.14. The molecule has 1 saturated heterocycles. The molecule has 0 radical (unpaired) electrons.